The summed E-state index contributed by atoms with van der Waals surface area (Å²) in [6.07, 6.45) is 2.54. The van der Waals surface area contributed by atoms with Crippen LogP contribution in [0.1, 0.15) is 44.7 Å². The summed E-state index contributed by atoms with van der Waals surface area (Å²) >= 11 is 0. The predicted molar refractivity (Wildman–Crippen MR) is 77.7 cm³/mol. The topological polar surface area (TPSA) is 15.3 Å². The molecule has 1 fully saturated rings. The average Bonchev–Trinajstić information content (AvgIpc) is 2.84. The molecule has 0 amide bonds. The van der Waals surface area contributed by atoms with E-state index in [1.165, 1.54) is 24.0 Å². The molecule has 1 aliphatic heterocycles. The lowest BCUT2D eigenvalue weighted by atomic mass is 9.87. The lowest BCUT2D eigenvalue weighted by Crippen LogP contribution is -2.35. The smallest absolute Gasteiger partial charge is 0.0409 e. The van der Waals surface area contributed by atoms with E-state index in [0.717, 1.165) is 26.2 Å². The van der Waals surface area contributed by atoms with Crippen molar-refractivity contribution in [1.29, 1.82) is 0 Å². The van der Waals surface area contributed by atoms with Gasteiger partial charge in [-0.2, -0.15) is 0 Å². The zero-order valence-corrected chi connectivity index (χ0v) is 12.0. The summed E-state index contributed by atoms with van der Waals surface area (Å²) in [6.45, 7) is 11.3. The highest BCUT2D eigenvalue weighted by Gasteiger charge is 2.31. The molecule has 2 heteroatoms. The maximum atomic E-state index is 3.68. The van der Waals surface area contributed by atoms with Gasteiger partial charge in [-0.3, -0.25) is 4.90 Å². The van der Waals surface area contributed by atoms with E-state index in [2.05, 4.69) is 55.3 Å². The summed E-state index contributed by atoms with van der Waals surface area (Å²) in [5.74, 6) is 0. The minimum Gasteiger partial charge on any atom is -0.308 e. The van der Waals surface area contributed by atoms with Crippen molar-refractivity contribution >= 4 is 0 Å². The number of hydrogen-bond donors (Lipinski definition) is 1. The Bertz CT molecular complexity index is 376. The zero-order chi connectivity index (χ0) is 13.0. The first-order chi connectivity index (χ1) is 8.69. The molecule has 0 saturated carbocycles. The van der Waals surface area contributed by atoms with Crippen molar-refractivity contribution < 1.29 is 0 Å². The third kappa shape index (κ3) is 2.76. The number of rotatable bonds is 5. The standard InChI is InChI=1S/C16H26N2/c1-4-18(5-2)13-14-9-6-7-10-15(14)16(3)11-8-12-17-16/h6-7,9-10,17H,4-5,8,11-13H2,1-3H3. The Morgan fingerprint density at radius 1 is 1.22 bits per heavy atom. The third-order valence-electron chi connectivity index (χ3n) is 4.27. The average molecular weight is 246 g/mol. The van der Waals surface area contributed by atoms with Crippen LogP contribution in [0, 0.1) is 0 Å². The molecule has 2 nitrogen and oxygen atoms in total. The fourth-order valence-corrected chi connectivity index (χ4v) is 3.01. The maximum absolute atomic E-state index is 3.68. The highest BCUT2D eigenvalue weighted by atomic mass is 15.1. The minimum absolute atomic E-state index is 0.184. The van der Waals surface area contributed by atoms with E-state index < -0.39 is 0 Å². The first-order valence-corrected chi connectivity index (χ1v) is 7.25. The summed E-state index contributed by atoms with van der Waals surface area (Å²) < 4.78 is 0. The largest absolute Gasteiger partial charge is 0.308 e. The second kappa shape index (κ2) is 5.85. The first-order valence-electron chi connectivity index (χ1n) is 7.25. The van der Waals surface area contributed by atoms with Gasteiger partial charge in [0.15, 0.2) is 0 Å². The third-order valence-corrected chi connectivity index (χ3v) is 4.27. The quantitative estimate of drug-likeness (QED) is 0.858. The van der Waals surface area contributed by atoms with Crippen LogP contribution < -0.4 is 5.32 Å². The molecule has 1 aromatic rings. The fourth-order valence-electron chi connectivity index (χ4n) is 3.01. The van der Waals surface area contributed by atoms with E-state index in [1.54, 1.807) is 0 Å². The molecule has 1 aliphatic rings. The van der Waals surface area contributed by atoms with Crippen molar-refractivity contribution in [3.05, 3.63) is 35.4 Å². The second-order valence-electron chi connectivity index (χ2n) is 5.48. The van der Waals surface area contributed by atoms with Crippen LogP contribution in [0.2, 0.25) is 0 Å². The van der Waals surface area contributed by atoms with Gasteiger partial charge in [-0.15, -0.1) is 0 Å². The Balaban J connectivity index is 2.25. The van der Waals surface area contributed by atoms with Crippen molar-refractivity contribution in [2.75, 3.05) is 19.6 Å². The molecule has 1 unspecified atom stereocenters. The molecule has 1 heterocycles. The highest BCUT2D eigenvalue weighted by Crippen LogP contribution is 2.32. The van der Waals surface area contributed by atoms with E-state index in [9.17, 15) is 0 Å². The van der Waals surface area contributed by atoms with Crippen LogP contribution in [0.25, 0.3) is 0 Å². The maximum Gasteiger partial charge on any atom is 0.0409 e. The predicted octanol–water partition coefficient (Wildman–Crippen LogP) is 3.13. The number of hydrogen-bond acceptors (Lipinski definition) is 2. The van der Waals surface area contributed by atoms with Gasteiger partial charge in [0.05, 0.1) is 0 Å². The van der Waals surface area contributed by atoms with Gasteiger partial charge in [0.2, 0.25) is 0 Å². The van der Waals surface area contributed by atoms with Crippen LogP contribution in [0.4, 0.5) is 0 Å². The van der Waals surface area contributed by atoms with Gasteiger partial charge in [0.25, 0.3) is 0 Å². The van der Waals surface area contributed by atoms with Gasteiger partial charge in [-0.25, -0.2) is 0 Å². The van der Waals surface area contributed by atoms with Crippen LogP contribution in [0.3, 0.4) is 0 Å². The molecular formula is C16H26N2. The van der Waals surface area contributed by atoms with Crippen LogP contribution in [0.15, 0.2) is 24.3 Å². The number of nitrogens with one attached hydrogen (secondary N) is 1. The summed E-state index contributed by atoms with van der Waals surface area (Å²) in [7, 11) is 0. The van der Waals surface area contributed by atoms with Gasteiger partial charge in [-0.05, 0) is 50.5 Å². The Kier molecular flexibility index (Phi) is 4.41. The molecule has 1 saturated heterocycles. The van der Waals surface area contributed by atoms with Gasteiger partial charge in [0.1, 0.15) is 0 Å². The molecule has 2 rings (SSSR count). The Morgan fingerprint density at radius 2 is 1.94 bits per heavy atom. The van der Waals surface area contributed by atoms with Crippen LogP contribution in [-0.2, 0) is 12.1 Å². The monoisotopic (exact) mass is 246 g/mol. The molecule has 1 atom stereocenters. The normalized spacial score (nSPS) is 23.8. The van der Waals surface area contributed by atoms with E-state index >= 15 is 0 Å². The van der Waals surface area contributed by atoms with Crippen molar-refractivity contribution in [3.8, 4) is 0 Å². The molecule has 0 bridgehead atoms. The number of benzene rings is 1. The first kappa shape index (κ1) is 13.6. The van der Waals surface area contributed by atoms with E-state index in [4.69, 9.17) is 0 Å². The zero-order valence-electron chi connectivity index (χ0n) is 12.0. The van der Waals surface area contributed by atoms with Crippen LogP contribution in [-0.4, -0.2) is 24.5 Å². The Morgan fingerprint density at radius 3 is 2.56 bits per heavy atom. The summed E-state index contributed by atoms with van der Waals surface area (Å²) in [5, 5.41) is 3.68. The molecule has 1 N–H and O–H groups in total. The van der Waals surface area contributed by atoms with E-state index in [-0.39, 0.29) is 5.54 Å². The summed E-state index contributed by atoms with van der Waals surface area (Å²) in [5.41, 5.74) is 3.16. The molecule has 0 aromatic heterocycles. The molecule has 18 heavy (non-hydrogen) atoms. The van der Waals surface area contributed by atoms with Crippen LogP contribution >= 0.6 is 0 Å². The lowest BCUT2D eigenvalue weighted by Gasteiger charge is -2.29. The summed E-state index contributed by atoms with van der Waals surface area (Å²) in [6, 6.07) is 8.93. The molecule has 0 spiro atoms. The second-order valence-corrected chi connectivity index (χ2v) is 5.48. The molecular weight excluding hydrogens is 220 g/mol. The van der Waals surface area contributed by atoms with Gasteiger partial charge < -0.3 is 5.32 Å². The Labute approximate surface area is 111 Å². The molecule has 1 aromatic carbocycles. The van der Waals surface area contributed by atoms with Gasteiger partial charge in [-0.1, -0.05) is 38.1 Å². The molecule has 0 aliphatic carbocycles. The van der Waals surface area contributed by atoms with Crippen LogP contribution in [0.5, 0.6) is 0 Å². The van der Waals surface area contributed by atoms with E-state index in [0.29, 0.717) is 0 Å². The highest BCUT2D eigenvalue weighted by molar-refractivity contribution is 5.34. The van der Waals surface area contributed by atoms with E-state index in [1.807, 2.05) is 0 Å². The van der Waals surface area contributed by atoms with Crippen molar-refractivity contribution in [3.63, 3.8) is 0 Å². The summed E-state index contributed by atoms with van der Waals surface area (Å²) in [4.78, 5) is 2.48. The minimum atomic E-state index is 0.184. The van der Waals surface area contributed by atoms with Crippen molar-refractivity contribution in [2.24, 2.45) is 0 Å². The Hall–Kier alpha value is -0.860. The van der Waals surface area contributed by atoms with Gasteiger partial charge in [0, 0.05) is 12.1 Å². The fraction of sp³-hybridized carbons (Fsp3) is 0.625. The van der Waals surface area contributed by atoms with Crippen molar-refractivity contribution in [1.82, 2.24) is 10.2 Å². The number of nitrogens with zero attached hydrogens (tertiary/aromatic N) is 1. The van der Waals surface area contributed by atoms with Gasteiger partial charge >= 0.3 is 0 Å². The molecule has 0 radical (unpaired) electrons. The van der Waals surface area contributed by atoms with Crippen molar-refractivity contribution in [2.45, 2.75) is 45.7 Å². The SMILES string of the molecule is CCN(CC)Cc1ccccc1C1(C)CCCN1. The molecule has 100 valence electrons. The lowest BCUT2D eigenvalue weighted by molar-refractivity contribution is 0.291.